The van der Waals surface area contributed by atoms with Crippen LogP contribution in [0.1, 0.15) is 31.4 Å². The summed E-state index contributed by atoms with van der Waals surface area (Å²) < 4.78 is 5.32. The number of ether oxygens (including phenoxy) is 1. The second-order valence-corrected chi connectivity index (χ2v) is 6.46. The van der Waals surface area contributed by atoms with Crippen LogP contribution in [0.15, 0.2) is 30.3 Å². The highest BCUT2D eigenvalue weighted by Gasteiger charge is 2.40. The molecule has 1 aromatic rings. The predicted octanol–water partition coefficient (Wildman–Crippen LogP) is 1.84. The van der Waals surface area contributed by atoms with Crippen LogP contribution in [0.4, 0.5) is 0 Å². The van der Waals surface area contributed by atoms with Crippen molar-refractivity contribution in [2.45, 2.75) is 31.9 Å². The van der Waals surface area contributed by atoms with E-state index < -0.39 is 0 Å². The van der Waals surface area contributed by atoms with Gasteiger partial charge in [-0.2, -0.15) is 0 Å². The van der Waals surface area contributed by atoms with Gasteiger partial charge in [0, 0.05) is 33.2 Å². The largest absolute Gasteiger partial charge is 0.380 e. The number of amides is 2. The molecule has 0 spiro atoms. The molecule has 2 amide bonds. The van der Waals surface area contributed by atoms with Gasteiger partial charge < -0.3 is 14.5 Å². The summed E-state index contributed by atoms with van der Waals surface area (Å²) in [7, 11) is 1.68. The molecule has 5 heteroatoms. The Morgan fingerprint density at radius 2 is 2.00 bits per heavy atom. The van der Waals surface area contributed by atoms with Gasteiger partial charge in [-0.1, -0.05) is 30.3 Å². The Kier molecular flexibility index (Phi) is 4.66. The Morgan fingerprint density at radius 3 is 2.65 bits per heavy atom. The summed E-state index contributed by atoms with van der Waals surface area (Å²) in [5, 5.41) is 0. The van der Waals surface area contributed by atoms with Crippen LogP contribution in [0.3, 0.4) is 0 Å². The van der Waals surface area contributed by atoms with E-state index >= 15 is 0 Å². The molecule has 0 aromatic heterocycles. The molecular weight excluding hydrogens is 292 g/mol. The maximum Gasteiger partial charge on any atom is 0.228 e. The van der Waals surface area contributed by atoms with Crippen LogP contribution in [0, 0.1) is 5.92 Å². The first-order chi connectivity index (χ1) is 11.1. The molecule has 1 aromatic carbocycles. The fraction of sp³-hybridized carbons (Fsp3) is 0.556. The molecule has 0 N–H and O–H groups in total. The number of nitrogens with zero attached hydrogens (tertiary/aromatic N) is 2. The van der Waals surface area contributed by atoms with Gasteiger partial charge in [0.05, 0.1) is 18.1 Å². The third-order valence-corrected chi connectivity index (χ3v) is 5.05. The first-order valence-corrected chi connectivity index (χ1v) is 8.26. The molecule has 3 unspecified atom stereocenters. The van der Waals surface area contributed by atoms with Crippen LogP contribution >= 0.6 is 0 Å². The predicted molar refractivity (Wildman–Crippen MR) is 86.7 cm³/mol. The minimum absolute atomic E-state index is 0.00630. The number of hydrogen-bond acceptors (Lipinski definition) is 3. The maximum absolute atomic E-state index is 12.7. The van der Waals surface area contributed by atoms with Crippen molar-refractivity contribution in [3.8, 4) is 0 Å². The van der Waals surface area contributed by atoms with Crippen molar-refractivity contribution in [1.82, 2.24) is 9.80 Å². The third kappa shape index (κ3) is 3.24. The Bertz CT molecular complexity index is 575. The average molecular weight is 316 g/mol. The summed E-state index contributed by atoms with van der Waals surface area (Å²) in [5.74, 6) is -0.0490. The van der Waals surface area contributed by atoms with Crippen LogP contribution in [0.5, 0.6) is 0 Å². The molecule has 3 atom stereocenters. The lowest BCUT2D eigenvalue weighted by Gasteiger charge is -2.26. The van der Waals surface area contributed by atoms with Crippen LogP contribution < -0.4 is 0 Å². The Labute approximate surface area is 137 Å². The van der Waals surface area contributed by atoms with Crippen LogP contribution in [-0.4, -0.2) is 54.5 Å². The minimum atomic E-state index is -0.218. The molecular formula is C18H24N2O3. The monoisotopic (exact) mass is 316 g/mol. The molecule has 2 saturated heterocycles. The summed E-state index contributed by atoms with van der Waals surface area (Å²) in [6, 6.07) is 9.97. The Morgan fingerprint density at radius 1 is 1.26 bits per heavy atom. The van der Waals surface area contributed by atoms with E-state index in [-0.39, 0.29) is 29.9 Å². The maximum atomic E-state index is 12.7. The van der Waals surface area contributed by atoms with Crippen molar-refractivity contribution in [2.75, 3.05) is 26.7 Å². The van der Waals surface area contributed by atoms with Crippen molar-refractivity contribution in [3.63, 3.8) is 0 Å². The van der Waals surface area contributed by atoms with Gasteiger partial charge in [-0.3, -0.25) is 9.59 Å². The van der Waals surface area contributed by atoms with Crippen molar-refractivity contribution < 1.29 is 14.3 Å². The molecule has 2 aliphatic rings. The zero-order valence-corrected chi connectivity index (χ0v) is 13.8. The van der Waals surface area contributed by atoms with E-state index in [1.54, 1.807) is 7.11 Å². The van der Waals surface area contributed by atoms with E-state index in [9.17, 15) is 9.59 Å². The standard InChI is InChI=1S/C18H24N2O3/c1-13(14-6-4-3-5-7-14)20-11-15(10-17(20)21)18(22)19-9-8-16(12-19)23-2/h3-7,13,15-16H,8-12H2,1-2H3. The highest BCUT2D eigenvalue weighted by Crippen LogP contribution is 2.30. The van der Waals surface area contributed by atoms with Crippen molar-refractivity contribution in [3.05, 3.63) is 35.9 Å². The van der Waals surface area contributed by atoms with E-state index in [0.717, 1.165) is 18.5 Å². The van der Waals surface area contributed by atoms with Crippen LogP contribution in [0.2, 0.25) is 0 Å². The van der Waals surface area contributed by atoms with Crippen molar-refractivity contribution >= 4 is 11.8 Å². The number of carbonyl (C=O) groups is 2. The van der Waals surface area contributed by atoms with E-state index in [2.05, 4.69) is 0 Å². The minimum Gasteiger partial charge on any atom is -0.380 e. The van der Waals surface area contributed by atoms with Gasteiger partial charge in [-0.15, -0.1) is 0 Å². The summed E-state index contributed by atoms with van der Waals surface area (Å²) >= 11 is 0. The molecule has 3 rings (SSSR count). The van der Waals surface area contributed by atoms with Gasteiger partial charge in [0.1, 0.15) is 0 Å². The molecule has 2 heterocycles. The summed E-state index contributed by atoms with van der Waals surface area (Å²) in [6.07, 6.45) is 1.34. The zero-order valence-electron chi connectivity index (χ0n) is 13.8. The van der Waals surface area contributed by atoms with Crippen LogP contribution in [-0.2, 0) is 14.3 Å². The number of likely N-dealkylation sites (tertiary alicyclic amines) is 2. The first kappa shape index (κ1) is 16.0. The van der Waals surface area contributed by atoms with Gasteiger partial charge in [0.25, 0.3) is 0 Å². The SMILES string of the molecule is COC1CCN(C(=O)C2CC(=O)N(C(C)c3ccccc3)C2)C1. The number of benzene rings is 1. The first-order valence-electron chi connectivity index (χ1n) is 8.26. The zero-order chi connectivity index (χ0) is 16.4. The molecule has 2 fully saturated rings. The fourth-order valence-corrected chi connectivity index (χ4v) is 3.56. The quantitative estimate of drug-likeness (QED) is 0.852. The van der Waals surface area contributed by atoms with Gasteiger partial charge >= 0.3 is 0 Å². The van der Waals surface area contributed by atoms with Gasteiger partial charge in [-0.05, 0) is 18.9 Å². The summed E-state index contributed by atoms with van der Waals surface area (Å²) in [4.78, 5) is 28.7. The molecule has 23 heavy (non-hydrogen) atoms. The smallest absolute Gasteiger partial charge is 0.228 e. The molecule has 124 valence electrons. The lowest BCUT2D eigenvalue weighted by atomic mass is 10.1. The summed E-state index contributed by atoms with van der Waals surface area (Å²) in [6.45, 7) is 3.92. The molecule has 2 aliphatic heterocycles. The van der Waals surface area contributed by atoms with Crippen molar-refractivity contribution in [2.24, 2.45) is 5.92 Å². The van der Waals surface area contributed by atoms with E-state index in [1.165, 1.54) is 0 Å². The topological polar surface area (TPSA) is 49.9 Å². The molecule has 0 bridgehead atoms. The molecule has 5 nitrogen and oxygen atoms in total. The van der Waals surface area contributed by atoms with E-state index in [1.807, 2.05) is 47.1 Å². The molecule has 0 aliphatic carbocycles. The summed E-state index contributed by atoms with van der Waals surface area (Å²) in [5.41, 5.74) is 1.11. The molecule has 0 radical (unpaired) electrons. The Balaban J connectivity index is 1.64. The Hall–Kier alpha value is -1.88. The normalized spacial score (nSPS) is 25.9. The third-order valence-electron chi connectivity index (χ3n) is 5.05. The fourth-order valence-electron chi connectivity index (χ4n) is 3.56. The number of methoxy groups -OCH3 is 1. The number of carbonyl (C=O) groups excluding carboxylic acids is 2. The highest BCUT2D eigenvalue weighted by molar-refractivity contribution is 5.89. The second kappa shape index (κ2) is 6.71. The second-order valence-electron chi connectivity index (χ2n) is 6.46. The highest BCUT2D eigenvalue weighted by atomic mass is 16.5. The number of rotatable bonds is 4. The lowest BCUT2D eigenvalue weighted by molar-refractivity contribution is -0.135. The average Bonchev–Trinajstić information content (AvgIpc) is 3.21. The van der Waals surface area contributed by atoms with Gasteiger partial charge in [-0.25, -0.2) is 0 Å². The molecule has 0 saturated carbocycles. The van der Waals surface area contributed by atoms with Gasteiger partial charge in [0.15, 0.2) is 0 Å². The number of hydrogen-bond donors (Lipinski definition) is 0. The van der Waals surface area contributed by atoms with E-state index in [0.29, 0.717) is 19.5 Å². The van der Waals surface area contributed by atoms with Gasteiger partial charge in [0.2, 0.25) is 11.8 Å². The van der Waals surface area contributed by atoms with E-state index in [4.69, 9.17) is 4.74 Å². The van der Waals surface area contributed by atoms with Crippen LogP contribution in [0.25, 0.3) is 0 Å². The lowest BCUT2D eigenvalue weighted by Crippen LogP contribution is -2.37. The van der Waals surface area contributed by atoms with Crippen molar-refractivity contribution in [1.29, 1.82) is 0 Å².